The first kappa shape index (κ1) is 14.5. The largest absolute Gasteiger partial charge is 0.491 e. The molecule has 0 aliphatic heterocycles. The molecule has 1 aromatic carbocycles. The van der Waals surface area contributed by atoms with Crippen molar-refractivity contribution in [1.29, 1.82) is 0 Å². The smallest absolute Gasteiger partial charge is 0.303 e. The molecule has 0 spiro atoms. The third-order valence-corrected chi connectivity index (χ3v) is 2.25. The van der Waals surface area contributed by atoms with E-state index in [9.17, 15) is 4.79 Å². The van der Waals surface area contributed by atoms with Gasteiger partial charge >= 0.3 is 5.97 Å². The molecule has 0 amide bonds. The Kier molecular flexibility index (Phi) is 6.83. The van der Waals surface area contributed by atoms with E-state index < -0.39 is 5.97 Å². The number of rotatable bonds is 9. The van der Waals surface area contributed by atoms with Gasteiger partial charge in [0.25, 0.3) is 0 Å². The highest BCUT2D eigenvalue weighted by Gasteiger charge is 2.00. The summed E-state index contributed by atoms with van der Waals surface area (Å²) in [7, 11) is 1.57. The van der Waals surface area contributed by atoms with Gasteiger partial charge in [-0.25, -0.2) is 0 Å². The molecule has 0 radical (unpaired) electrons. The number of benzene rings is 1. The lowest BCUT2D eigenvalue weighted by atomic mass is 10.1. The maximum Gasteiger partial charge on any atom is 0.303 e. The van der Waals surface area contributed by atoms with Gasteiger partial charge in [-0.1, -0.05) is 12.1 Å². The van der Waals surface area contributed by atoms with Gasteiger partial charge in [-0.3, -0.25) is 4.79 Å². The molecule has 1 rings (SSSR count). The number of ether oxygens (including phenoxy) is 3. The monoisotopic (exact) mass is 254 g/mol. The molecule has 0 bridgehead atoms. The predicted molar refractivity (Wildman–Crippen MR) is 65.7 cm³/mol. The van der Waals surface area contributed by atoms with Crippen LogP contribution in [0.5, 0.6) is 5.75 Å². The molecule has 5 heteroatoms. The van der Waals surface area contributed by atoms with Crippen molar-refractivity contribution in [2.45, 2.75) is 12.8 Å². The van der Waals surface area contributed by atoms with Crippen molar-refractivity contribution in [2.75, 3.05) is 27.1 Å². The third-order valence-electron chi connectivity index (χ3n) is 2.25. The van der Waals surface area contributed by atoms with Crippen molar-refractivity contribution < 1.29 is 24.1 Å². The van der Waals surface area contributed by atoms with Crippen molar-refractivity contribution in [3.8, 4) is 5.75 Å². The van der Waals surface area contributed by atoms with Gasteiger partial charge < -0.3 is 19.3 Å². The fourth-order valence-corrected chi connectivity index (χ4v) is 1.36. The molecule has 18 heavy (non-hydrogen) atoms. The van der Waals surface area contributed by atoms with Crippen LogP contribution in [0.2, 0.25) is 0 Å². The zero-order valence-corrected chi connectivity index (χ0v) is 10.4. The SMILES string of the molecule is COCOCCOc1ccc(CCC(=O)O)cc1. The fraction of sp³-hybridized carbons (Fsp3) is 0.462. The summed E-state index contributed by atoms with van der Waals surface area (Å²) in [5.74, 6) is -0.0410. The van der Waals surface area contributed by atoms with Gasteiger partial charge in [-0.2, -0.15) is 0 Å². The zero-order valence-electron chi connectivity index (χ0n) is 10.4. The number of aliphatic carboxylic acids is 1. The molecule has 5 nitrogen and oxygen atoms in total. The molecule has 0 unspecified atom stereocenters. The molecule has 0 atom stereocenters. The summed E-state index contributed by atoms with van der Waals surface area (Å²) in [6.07, 6.45) is 0.678. The predicted octanol–water partition coefficient (Wildman–Crippen LogP) is 1.70. The standard InChI is InChI=1S/C13H18O5/c1-16-10-17-8-9-18-12-5-2-11(3-6-12)4-7-13(14)15/h2-3,5-6H,4,7-10H2,1H3,(H,14,15). The second kappa shape index (κ2) is 8.49. The second-order valence-electron chi connectivity index (χ2n) is 3.70. The Morgan fingerprint density at radius 2 is 1.94 bits per heavy atom. The van der Waals surface area contributed by atoms with Crippen LogP contribution in [0.25, 0.3) is 0 Å². The summed E-state index contributed by atoms with van der Waals surface area (Å²) in [5, 5.41) is 8.57. The van der Waals surface area contributed by atoms with Gasteiger partial charge in [0, 0.05) is 13.5 Å². The number of methoxy groups -OCH3 is 1. The minimum atomic E-state index is -0.786. The quantitative estimate of drug-likeness (QED) is 0.536. The van der Waals surface area contributed by atoms with E-state index in [1.807, 2.05) is 24.3 Å². The van der Waals surface area contributed by atoms with Crippen LogP contribution in [0, 0.1) is 0 Å². The average Bonchev–Trinajstić information content (AvgIpc) is 2.37. The van der Waals surface area contributed by atoms with E-state index in [1.54, 1.807) is 7.11 Å². The Morgan fingerprint density at radius 3 is 2.56 bits per heavy atom. The van der Waals surface area contributed by atoms with E-state index in [0.29, 0.717) is 19.6 Å². The number of carbonyl (C=O) groups is 1. The summed E-state index contributed by atoms with van der Waals surface area (Å²) < 4.78 is 15.2. The normalized spacial score (nSPS) is 10.3. The van der Waals surface area contributed by atoms with Gasteiger partial charge in [0.15, 0.2) is 0 Å². The van der Waals surface area contributed by atoms with Crippen molar-refractivity contribution in [3.63, 3.8) is 0 Å². The summed E-state index contributed by atoms with van der Waals surface area (Å²) in [4.78, 5) is 10.4. The van der Waals surface area contributed by atoms with Crippen molar-refractivity contribution in [2.24, 2.45) is 0 Å². The molecule has 1 aromatic rings. The molecule has 0 saturated carbocycles. The first-order chi connectivity index (χ1) is 8.72. The van der Waals surface area contributed by atoms with Crippen LogP contribution in [-0.4, -0.2) is 38.2 Å². The van der Waals surface area contributed by atoms with Crippen LogP contribution in [0.3, 0.4) is 0 Å². The van der Waals surface area contributed by atoms with Crippen molar-refractivity contribution in [1.82, 2.24) is 0 Å². The molecular weight excluding hydrogens is 236 g/mol. The molecule has 0 heterocycles. The summed E-state index contributed by atoms with van der Waals surface area (Å²) in [6, 6.07) is 7.39. The third kappa shape index (κ3) is 6.22. The van der Waals surface area contributed by atoms with E-state index in [-0.39, 0.29) is 13.2 Å². The number of aryl methyl sites for hydroxylation is 1. The number of carboxylic acid groups (broad SMARTS) is 1. The average molecular weight is 254 g/mol. The summed E-state index contributed by atoms with van der Waals surface area (Å²) in [6.45, 7) is 1.18. The molecule has 0 fully saturated rings. The zero-order chi connectivity index (χ0) is 13.2. The van der Waals surface area contributed by atoms with Gasteiger partial charge in [-0.05, 0) is 24.1 Å². The van der Waals surface area contributed by atoms with Gasteiger partial charge in [0.1, 0.15) is 19.1 Å². The first-order valence-corrected chi connectivity index (χ1v) is 5.72. The molecular formula is C13H18O5. The Morgan fingerprint density at radius 1 is 1.22 bits per heavy atom. The Bertz CT molecular complexity index is 347. The Hall–Kier alpha value is -1.59. The first-order valence-electron chi connectivity index (χ1n) is 5.72. The molecule has 0 aliphatic carbocycles. The van der Waals surface area contributed by atoms with Gasteiger partial charge in [0.05, 0.1) is 6.61 Å². The Labute approximate surface area is 106 Å². The van der Waals surface area contributed by atoms with Crippen LogP contribution in [0.1, 0.15) is 12.0 Å². The van der Waals surface area contributed by atoms with Crippen LogP contribution in [-0.2, 0) is 20.7 Å². The molecule has 100 valence electrons. The second-order valence-corrected chi connectivity index (χ2v) is 3.70. The maximum absolute atomic E-state index is 10.4. The van der Waals surface area contributed by atoms with E-state index in [4.69, 9.17) is 19.3 Å². The van der Waals surface area contributed by atoms with E-state index in [0.717, 1.165) is 11.3 Å². The number of hydrogen-bond acceptors (Lipinski definition) is 4. The Balaban J connectivity index is 2.25. The van der Waals surface area contributed by atoms with Crippen molar-refractivity contribution >= 4 is 5.97 Å². The van der Waals surface area contributed by atoms with E-state index >= 15 is 0 Å². The summed E-state index contributed by atoms with van der Waals surface area (Å²) in [5.41, 5.74) is 0.986. The molecule has 0 saturated heterocycles. The van der Waals surface area contributed by atoms with Crippen LogP contribution in [0.4, 0.5) is 0 Å². The number of carboxylic acids is 1. The lowest BCUT2D eigenvalue weighted by molar-refractivity contribution is -0.136. The van der Waals surface area contributed by atoms with Crippen molar-refractivity contribution in [3.05, 3.63) is 29.8 Å². The lowest BCUT2D eigenvalue weighted by Gasteiger charge is -2.07. The molecule has 1 N–H and O–H groups in total. The number of hydrogen-bond donors (Lipinski definition) is 1. The highest BCUT2D eigenvalue weighted by molar-refractivity contribution is 5.67. The minimum Gasteiger partial charge on any atom is -0.491 e. The van der Waals surface area contributed by atoms with E-state index in [2.05, 4.69) is 0 Å². The topological polar surface area (TPSA) is 65.0 Å². The van der Waals surface area contributed by atoms with Gasteiger partial charge in [0.2, 0.25) is 0 Å². The lowest BCUT2D eigenvalue weighted by Crippen LogP contribution is -2.08. The fourth-order valence-electron chi connectivity index (χ4n) is 1.36. The van der Waals surface area contributed by atoms with Crippen LogP contribution < -0.4 is 4.74 Å². The van der Waals surface area contributed by atoms with E-state index in [1.165, 1.54) is 0 Å². The molecule has 0 aromatic heterocycles. The van der Waals surface area contributed by atoms with Gasteiger partial charge in [-0.15, -0.1) is 0 Å². The minimum absolute atomic E-state index is 0.144. The van der Waals surface area contributed by atoms with Crippen LogP contribution >= 0.6 is 0 Å². The maximum atomic E-state index is 10.4. The summed E-state index contributed by atoms with van der Waals surface area (Å²) >= 11 is 0. The highest BCUT2D eigenvalue weighted by Crippen LogP contribution is 2.13. The van der Waals surface area contributed by atoms with Crippen LogP contribution in [0.15, 0.2) is 24.3 Å². The molecule has 0 aliphatic rings. The highest BCUT2D eigenvalue weighted by atomic mass is 16.7.